The summed E-state index contributed by atoms with van der Waals surface area (Å²) in [6.45, 7) is 0. The molecule has 0 amide bonds. The van der Waals surface area contributed by atoms with Crippen LogP contribution in [0.3, 0.4) is 0 Å². The maximum Gasteiger partial charge on any atom is 0.235 e. The van der Waals surface area contributed by atoms with Crippen molar-refractivity contribution in [3.8, 4) is 34.1 Å². The lowest BCUT2D eigenvalue weighted by molar-refractivity contribution is 0.102. The van der Waals surface area contributed by atoms with Crippen molar-refractivity contribution in [1.82, 2.24) is 0 Å². The Morgan fingerprint density at radius 2 is 0.896 bits per heavy atom. The van der Waals surface area contributed by atoms with Crippen molar-refractivity contribution < 1.29 is 9.59 Å². The van der Waals surface area contributed by atoms with Gasteiger partial charge in [-0.1, -0.05) is 126 Å². The van der Waals surface area contributed by atoms with Crippen LogP contribution in [-0.2, 0) is 5.41 Å². The molecule has 0 fully saturated rings. The van der Waals surface area contributed by atoms with E-state index in [1.807, 2.05) is 72.8 Å². The molecular weight excluding hydrogens is 631 g/mol. The number of carbonyl (C=O) groups is 2. The highest BCUT2D eigenvalue weighted by Gasteiger charge is 2.48. The molecule has 6 aromatic carbocycles. The van der Waals surface area contributed by atoms with Gasteiger partial charge in [0.25, 0.3) is 0 Å². The Bertz CT molecular complexity index is 2340. The van der Waals surface area contributed by atoms with Crippen LogP contribution in [0.4, 0.5) is 0 Å². The van der Waals surface area contributed by atoms with E-state index in [-0.39, 0.29) is 11.6 Å². The average Bonchev–Trinajstić information content (AvgIpc) is 3.60. The van der Waals surface area contributed by atoms with Gasteiger partial charge < -0.3 is 0 Å². The van der Waals surface area contributed by atoms with E-state index in [4.69, 9.17) is 23.2 Å². The molecule has 8 rings (SSSR count). The fourth-order valence-corrected chi connectivity index (χ4v) is 7.12. The standard InChI is InChI=1S/C44H24Cl2O2/c45-30-21-17-28(18-22-30)42(47)25-26-44(39-15-7-5-13-36(39)37-14-6-8-16-40(37)44)41(43(48)29-19-23-31(46)24-20-29)27-38-34-11-3-1-9-32(34)33-10-2-4-12-35(33)38/h1-24H. The first kappa shape index (κ1) is 29.7. The number of hydrogen-bond donors (Lipinski definition) is 0. The van der Waals surface area contributed by atoms with Gasteiger partial charge in [-0.05, 0) is 99.0 Å². The van der Waals surface area contributed by atoms with E-state index < -0.39 is 5.41 Å². The maximum absolute atomic E-state index is 15.1. The van der Waals surface area contributed by atoms with Crippen LogP contribution >= 0.6 is 23.2 Å². The van der Waals surface area contributed by atoms with E-state index in [0.29, 0.717) is 26.7 Å². The Hall–Kier alpha value is -5.68. The van der Waals surface area contributed by atoms with Gasteiger partial charge in [0.05, 0.1) is 5.57 Å². The van der Waals surface area contributed by atoms with Crippen molar-refractivity contribution in [3.05, 3.63) is 200 Å². The topological polar surface area (TPSA) is 34.1 Å². The van der Waals surface area contributed by atoms with Crippen LogP contribution < -0.4 is 0 Å². The van der Waals surface area contributed by atoms with E-state index >= 15 is 4.79 Å². The van der Waals surface area contributed by atoms with Crippen LogP contribution in [0.25, 0.3) is 27.8 Å². The first-order chi connectivity index (χ1) is 23.5. The summed E-state index contributed by atoms with van der Waals surface area (Å²) in [6.07, 6.45) is 0. The van der Waals surface area contributed by atoms with Gasteiger partial charge in [-0.15, -0.1) is 5.73 Å². The first-order valence-corrected chi connectivity index (χ1v) is 16.2. The van der Waals surface area contributed by atoms with E-state index in [1.165, 1.54) is 0 Å². The summed E-state index contributed by atoms with van der Waals surface area (Å²) in [5, 5.41) is 1.05. The Kier molecular flexibility index (Phi) is 7.33. The molecule has 4 heteroatoms. The summed E-state index contributed by atoms with van der Waals surface area (Å²) in [4.78, 5) is 28.8. The monoisotopic (exact) mass is 654 g/mol. The quantitative estimate of drug-likeness (QED) is 0.0622. The van der Waals surface area contributed by atoms with Gasteiger partial charge in [0.1, 0.15) is 5.41 Å². The van der Waals surface area contributed by atoms with E-state index in [9.17, 15) is 4.79 Å². The second-order valence-electron chi connectivity index (χ2n) is 11.7. The van der Waals surface area contributed by atoms with Gasteiger partial charge in [-0.2, -0.15) is 0 Å². The lowest BCUT2D eigenvalue weighted by atomic mass is 9.70. The van der Waals surface area contributed by atoms with Crippen LogP contribution in [0.5, 0.6) is 0 Å². The molecule has 2 aliphatic carbocycles. The largest absolute Gasteiger partial charge is 0.288 e. The lowest BCUT2D eigenvalue weighted by Gasteiger charge is -2.28. The van der Waals surface area contributed by atoms with Crippen LogP contribution in [0.1, 0.15) is 43.0 Å². The van der Waals surface area contributed by atoms with E-state index in [2.05, 4.69) is 41.8 Å². The van der Waals surface area contributed by atoms with Gasteiger partial charge in [-0.25, -0.2) is 0 Å². The Morgan fingerprint density at radius 1 is 0.479 bits per heavy atom. The molecule has 0 spiro atoms. The number of fused-ring (bicyclic) bond motifs is 6. The minimum absolute atomic E-state index is 0.263. The lowest BCUT2D eigenvalue weighted by Crippen LogP contribution is -2.31. The fourth-order valence-electron chi connectivity index (χ4n) is 6.87. The van der Waals surface area contributed by atoms with Crippen LogP contribution in [0.2, 0.25) is 10.0 Å². The molecule has 0 aliphatic heterocycles. The summed E-state index contributed by atoms with van der Waals surface area (Å²) in [5.74, 6) is 5.74. The zero-order valence-corrected chi connectivity index (χ0v) is 26.9. The summed E-state index contributed by atoms with van der Waals surface area (Å²) < 4.78 is 0. The number of halogens is 2. The molecule has 2 aliphatic rings. The molecule has 226 valence electrons. The summed E-state index contributed by atoms with van der Waals surface area (Å²) >= 11 is 12.4. The summed E-state index contributed by atoms with van der Waals surface area (Å²) in [6, 6.07) is 45.7. The number of carbonyl (C=O) groups excluding carboxylic acids is 2. The van der Waals surface area contributed by atoms with Crippen LogP contribution in [-0.4, -0.2) is 11.6 Å². The predicted molar refractivity (Wildman–Crippen MR) is 193 cm³/mol. The molecule has 0 heterocycles. The molecule has 0 radical (unpaired) electrons. The molecule has 0 bridgehead atoms. The number of hydrogen-bond acceptors (Lipinski definition) is 2. The molecule has 0 saturated heterocycles. The maximum atomic E-state index is 15.1. The first-order valence-electron chi connectivity index (χ1n) is 15.5. The second kappa shape index (κ2) is 11.8. The molecule has 48 heavy (non-hydrogen) atoms. The van der Waals surface area contributed by atoms with Crippen molar-refractivity contribution in [2.75, 3.05) is 0 Å². The zero-order chi connectivity index (χ0) is 32.8. The van der Waals surface area contributed by atoms with Crippen LogP contribution in [0, 0.1) is 11.8 Å². The van der Waals surface area contributed by atoms with Gasteiger partial charge >= 0.3 is 0 Å². The van der Waals surface area contributed by atoms with Gasteiger partial charge in [0, 0.05) is 26.7 Å². The van der Waals surface area contributed by atoms with Crippen LogP contribution in [0.15, 0.2) is 157 Å². The molecule has 2 nitrogen and oxygen atoms in total. The van der Waals surface area contributed by atoms with Gasteiger partial charge in [0.15, 0.2) is 5.78 Å². The number of allylic oxidation sites excluding steroid dienone is 1. The summed E-state index contributed by atoms with van der Waals surface area (Å²) in [5.41, 5.74) is 11.9. The molecule has 6 aromatic rings. The summed E-state index contributed by atoms with van der Waals surface area (Å²) in [7, 11) is 0. The minimum Gasteiger partial charge on any atom is -0.288 e. The minimum atomic E-state index is -1.34. The highest BCUT2D eigenvalue weighted by Crippen LogP contribution is 2.54. The molecule has 0 aromatic heterocycles. The van der Waals surface area contributed by atoms with E-state index in [0.717, 1.165) is 50.1 Å². The Balaban J connectivity index is 1.51. The normalized spacial score (nSPS) is 12.8. The number of benzene rings is 6. The predicted octanol–water partition coefficient (Wildman–Crippen LogP) is 10.7. The van der Waals surface area contributed by atoms with Gasteiger partial charge in [0.2, 0.25) is 5.78 Å². The third-order valence-electron chi connectivity index (χ3n) is 9.06. The third kappa shape index (κ3) is 4.77. The SMILES string of the molecule is O=C(C#CC1(C(=C=C2c3ccccc3-c3ccccc32)C(=O)c2ccc(Cl)cc2)c2ccccc2-c2ccccc21)c1ccc(Cl)cc1. The number of Topliss-reactive ketones (excluding diaryl/α,β-unsaturated/α-hetero) is 2. The fraction of sp³-hybridized carbons (Fsp3) is 0.0227. The molecule has 0 unspecified atom stereocenters. The third-order valence-corrected chi connectivity index (χ3v) is 9.57. The number of ketones is 2. The Labute approximate surface area is 288 Å². The zero-order valence-electron chi connectivity index (χ0n) is 25.4. The van der Waals surface area contributed by atoms with E-state index in [1.54, 1.807) is 48.5 Å². The van der Waals surface area contributed by atoms with Crippen molar-refractivity contribution in [2.24, 2.45) is 0 Å². The van der Waals surface area contributed by atoms with Gasteiger partial charge in [-0.3, -0.25) is 9.59 Å². The molecule has 0 N–H and O–H groups in total. The van der Waals surface area contributed by atoms with Crippen molar-refractivity contribution in [1.29, 1.82) is 0 Å². The highest BCUT2D eigenvalue weighted by molar-refractivity contribution is 6.31. The highest BCUT2D eigenvalue weighted by atomic mass is 35.5. The van der Waals surface area contributed by atoms with Crippen molar-refractivity contribution >= 4 is 40.3 Å². The molecule has 0 atom stereocenters. The second-order valence-corrected chi connectivity index (χ2v) is 12.6. The Morgan fingerprint density at radius 3 is 1.40 bits per heavy atom. The van der Waals surface area contributed by atoms with Crippen molar-refractivity contribution in [2.45, 2.75) is 5.41 Å². The molecular formula is C44H24Cl2O2. The number of rotatable bonds is 4. The smallest absolute Gasteiger partial charge is 0.235 e. The molecule has 0 saturated carbocycles. The van der Waals surface area contributed by atoms with Crippen molar-refractivity contribution in [3.63, 3.8) is 0 Å². The average molecular weight is 656 g/mol.